The van der Waals surface area contributed by atoms with E-state index in [4.69, 9.17) is 27.9 Å². The third-order valence-corrected chi connectivity index (χ3v) is 3.31. The van der Waals surface area contributed by atoms with Crippen molar-refractivity contribution >= 4 is 35.3 Å². The molecule has 1 aromatic carbocycles. The highest BCUT2D eigenvalue weighted by atomic mass is 35.5. The van der Waals surface area contributed by atoms with E-state index >= 15 is 0 Å². The van der Waals surface area contributed by atoms with E-state index in [2.05, 4.69) is 5.32 Å². The molecule has 0 radical (unpaired) electrons. The Balaban J connectivity index is 2.67. The minimum atomic E-state index is -1.03. The molecular weight excluding hydrogens is 329 g/mol. The maximum atomic E-state index is 11.6. The normalized spacial score (nSPS) is 12.6. The monoisotopic (exact) mass is 347 g/mol. The summed E-state index contributed by atoms with van der Waals surface area (Å²) in [4.78, 5) is 22.9. The van der Waals surface area contributed by atoms with Crippen LogP contribution in [-0.2, 0) is 16.0 Å². The first-order chi connectivity index (χ1) is 10.1. The van der Waals surface area contributed by atoms with Crippen molar-refractivity contribution in [3.63, 3.8) is 0 Å². The number of nitrogens with one attached hydrogen (secondary N) is 1. The van der Waals surface area contributed by atoms with Gasteiger partial charge in [-0.1, -0.05) is 29.3 Å². The predicted molar refractivity (Wildman–Crippen MR) is 85.5 cm³/mol. The number of aliphatic carboxylic acids is 1. The number of ether oxygens (including phenoxy) is 1. The number of hydrogen-bond acceptors (Lipinski definition) is 3. The van der Waals surface area contributed by atoms with E-state index in [0.29, 0.717) is 15.6 Å². The second kappa shape index (κ2) is 7.70. The van der Waals surface area contributed by atoms with Crippen molar-refractivity contribution < 1.29 is 19.4 Å². The lowest BCUT2D eigenvalue weighted by Crippen LogP contribution is -2.37. The highest BCUT2D eigenvalue weighted by Gasteiger charge is 2.22. The summed E-state index contributed by atoms with van der Waals surface area (Å²) in [6.45, 7) is 5.14. The van der Waals surface area contributed by atoms with Gasteiger partial charge in [0.15, 0.2) is 0 Å². The summed E-state index contributed by atoms with van der Waals surface area (Å²) in [6.07, 6.45) is -0.470. The third-order valence-electron chi connectivity index (χ3n) is 2.72. The average Bonchev–Trinajstić information content (AvgIpc) is 2.34. The minimum Gasteiger partial charge on any atom is -0.481 e. The van der Waals surface area contributed by atoms with Crippen molar-refractivity contribution in [1.29, 1.82) is 0 Å². The van der Waals surface area contributed by atoms with Gasteiger partial charge in [-0.2, -0.15) is 0 Å². The zero-order chi connectivity index (χ0) is 16.9. The molecule has 5 nitrogen and oxygen atoms in total. The quantitative estimate of drug-likeness (QED) is 0.850. The number of carbonyl (C=O) groups is 2. The summed E-state index contributed by atoms with van der Waals surface area (Å²) < 4.78 is 5.07. The molecule has 0 saturated heterocycles. The van der Waals surface area contributed by atoms with Crippen molar-refractivity contribution in [2.75, 3.05) is 6.54 Å². The van der Waals surface area contributed by atoms with Gasteiger partial charge in [-0.05, 0) is 44.9 Å². The van der Waals surface area contributed by atoms with Gasteiger partial charge in [-0.25, -0.2) is 4.79 Å². The Hall–Kier alpha value is -1.46. The maximum absolute atomic E-state index is 11.6. The number of carboxylic acid groups (broad SMARTS) is 1. The molecule has 22 heavy (non-hydrogen) atoms. The molecule has 0 heterocycles. The first kappa shape index (κ1) is 18.6. The Morgan fingerprint density at radius 3 is 2.45 bits per heavy atom. The molecule has 1 amide bonds. The fourth-order valence-electron chi connectivity index (χ4n) is 1.72. The first-order valence-electron chi connectivity index (χ1n) is 6.72. The molecule has 7 heteroatoms. The van der Waals surface area contributed by atoms with Crippen LogP contribution in [0, 0.1) is 5.92 Å². The van der Waals surface area contributed by atoms with E-state index in [1.54, 1.807) is 39.0 Å². The molecular formula is C15H19Cl2NO4. The molecule has 1 rings (SSSR count). The summed E-state index contributed by atoms with van der Waals surface area (Å²) in [6, 6.07) is 4.87. The maximum Gasteiger partial charge on any atom is 0.407 e. The molecule has 0 aliphatic rings. The van der Waals surface area contributed by atoms with Crippen molar-refractivity contribution in [2.45, 2.75) is 32.8 Å². The molecule has 0 bridgehead atoms. The third kappa shape index (κ3) is 6.54. The van der Waals surface area contributed by atoms with Crippen LogP contribution >= 0.6 is 23.2 Å². The van der Waals surface area contributed by atoms with Gasteiger partial charge in [0.05, 0.1) is 5.92 Å². The zero-order valence-electron chi connectivity index (χ0n) is 12.7. The van der Waals surface area contributed by atoms with Gasteiger partial charge in [0, 0.05) is 16.6 Å². The highest BCUT2D eigenvalue weighted by Crippen LogP contribution is 2.23. The molecule has 0 fully saturated rings. The van der Waals surface area contributed by atoms with Gasteiger partial charge < -0.3 is 15.2 Å². The molecule has 122 valence electrons. The number of halogens is 2. The van der Waals surface area contributed by atoms with Crippen LogP contribution in [0.25, 0.3) is 0 Å². The second-order valence-electron chi connectivity index (χ2n) is 5.86. The summed E-state index contributed by atoms with van der Waals surface area (Å²) in [7, 11) is 0. The van der Waals surface area contributed by atoms with Crippen LogP contribution in [0.2, 0.25) is 10.0 Å². The fraction of sp³-hybridized carbons (Fsp3) is 0.467. The van der Waals surface area contributed by atoms with Gasteiger partial charge in [0.2, 0.25) is 0 Å². The summed E-state index contributed by atoms with van der Waals surface area (Å²) in [5.74, 6) is -1.84. The van der Waals surface area contributed by atoms with Gasteiger partial charge in [-0.3, -0.25) is 4.79 Å². The Labute approximate surface area is 139 Å². The Morgan fingerprint density at radius 1 is 1.32 bits per heavy atom. The van der Waals surface area contributed by atoms with Gasteiger partial charge >= 0.3 is 12.1 Å². The topological polar surface area (TPSA) is 75.6 Å². The molecule has 2 N–H and O–H groups in total. The van der Waals surface area contributed by atoms with Crippen LogP contribution < -0.4 is 5.32 Å². The lowest BCUT2D eigenvalue weighted by Gasteiger charge is -2.21. The lowest BCUT2D eigenvalue weighted by atomic mass is 9.99. The van der Waals surface area contributed by atoms with Crippen LogP contribution in [-0.4, -0.2) is 29.3 Å². The van der Waals surface area contributed by atoms with E-state index < -0.39 is 23.6 Å². The molecule has 0 spiro atoms. The number of amides is 1. The summed E-state index contributed by atoms with van der Waals surface area (Å²) in [5.41, 5.74) is 0.0203. The van der Waals surface area contributed by atoms with Gasteiger partial charge in [0.25, 0.3) is 0 Å². The number of carbonyl (C=O) groups excluding carboxylic acids is 1. The van der Waals surface area contributed by atoms with Crippen molar-refractivity contribution in [3.05, 3.63) is 33.8 Å². The molecule has 0 saturated carbocycles. The Kier molecular flexibility index (Phi) is 6.50. The highest BCUT2D eigenvalue weighted by molar-refractivity contribution is 6.35. The van der Waals surface area contributed by atoms with Crippen molar-refractivity contribution in [1.82, 2.24) is 5.32 Å². The molecule has 1 aromatic rings. The molecule has 0 aliphatic heterocycles. The SMILES string of the molecule is CC(C)(C)OC(=O)NC[C@H](Cc1ccc(Cl)cc1Cl)C(=O)O. The zero-order valence-corrected chi connectivity index (χ0v) is 14.2. The fourth-order valence-corrected chi connectivity index (χ4v) is 2.21. The average molecular weight is 348 g/mol. The largest absolute Gasteiger partial charge is 0.481 e. The van der Waals surface area contributed by atoms with Crippen LogP contribution in [0.5, 0.6) is 0 Å². The number of benzene rings is 1. The van der Waals surface area contributed by atoms with E-state index in [9.17, 15) is 14.7 Å². The molecule has 0 unspecified atom stereocenters. The lowest BCUT2D eigenvalue weighted by molar-refractivity contribution is -0.141. The standard InChI is InChI=1S/C15H19Cl2NO4/c1-15(2,3)22-14(21)18-8-10(13(19)20)6-9-4-5-11(16)7-12(9)17/h4-5,7,10H,6,8H2,1-3H3,(H,18,21)(H,19,20)/t10-/m0/s1. The molecule has 0 aliphatic carbocycles. The number of rotatable bonds is 5. The van der Waals surface area contributed by atoms with Crippen molar-refractivity contribution in [3.8, 4) is 0 Å². The van der Waals surface area contributed by atoms with Crippen LogP contribution in [0.4, 0.5) is 4.79 Å². The second-order valence-corrected chi connectivity index (χ2v) is 6.70. The van der Waals surface area contributed by atoms with E-state index in [0.717, 1.165) is 0 Å². The van der Waals surface area contributed by atoms with Crippen molar-refractivity contribution in [2.24, 2.45) is 5.92 Å². The van der Waals surface area contributed by atoms with E-state index in [-0.39, 0.29) is 13.0 Å². The number of hydrogen-bond donors (Lipinski definition) is 2. The van der Waals surface area contributed by atoms with Crippen LogP contribution in [0.15, 0.2) is 18.2 Å². The summed E-state index contributed by atoms with van der Waals surface area (Å²) in [5, 5.41) is 12.6. The molecule has 0 aromatic heterocycles. The van der Waals surface area contributed by atoms with E-state index in [1.165, 1.54) is 0 Å². The predicted octanol–water partition coefficient (Wildman–Crippen LogP) is 3.76. The Bertz CT molecular complexity index is 555. The van der Waals surface area contributed by atoms with Gasteiger partial charge in [0.1, 0.15) is 5.60 Å². The van der Waals surface area contributed by atoms with Gasteiger partial charge in [-0.15, -0.1) is 0 Å². The first-order valence-corrected chi connectivity index (χ1v) is 7.47. The Morgan fingerprint density at radius 2 is 1.95 bits per heavy atom. The number of alkyl carbamates (subject to hydrolysis) is 1. The van der Waals surface area contributed by atoms with Crippen LogP contribution in [0.1, 0.15) is 26.3 Å². The van der Waals surface area contributed by atoms with Crippen LogP contribution in [0.3, 0.4) is 0 Å². The van der Waals surface area contributed by atoms with E-state index in [1.807, 2.05) is 0 Å². The number of carboxylic acids is 1. The summed E-state index contributed by atoms with van der Waals surface area (Å²) >= 11 is 11.8. The minimum absolute atomic E-state index is 0.0524. The smallest absolute Gasteiger partial charge is 0.407 e. The molecule has 1 atom stereocenters.